The van der Waals surface area contributed by atoms with Crippen LogP contribution in [-0.4, -0.2) is 36.2 Å². The Labute approximate surface area is 70.2 Å². The third kappa shape index (κ3) is 4.38. The number of aliphatic hydroxyl groups excluding tert-OH is 1. The first kappa shape index (κ1) is 10.9. The lowest BCUT2D eigenvalue weighted by molar-refractivity contribution is 0.108. The third-order valence-electron chi connectivity index (χ3n) is 1.97. The van der Waals surface area contributed by atoms with Gasteiger partial charge in [0.1, 0.15) is 0 Å². The van der Waals surface area contributed by atoms with Crippen LogP contribution < -0.4 is 0 Å². The van der Waals surface area contributed by atoms with Crippen molar-refractivity contribution in [1.29, 1.82) is 0 Å². The van der Waals surface area contributed by atoms with E-state index in [2.05, 4.69) is 32.6 Å². The molecule has 0 aromatic heterocycles. The first-order valence-electron chi connectivity index (χ1n) is 4.39. The van der Waals surface area contributed by atoms with E-state index >= 15 is 0 Å². The summed E-state index contributed by atoms with van der Waals surface area (Å²) in [5.41, 5.74) is 0.0476. The molecule has 0 atom stereocenters. The third-order valence-corrected chi connectivity index (χ3v) is 1.97. The summed E-state index contributed by atoms with van der Waals surface area (Å²) in [4.78, 5) is 2.33. The van der Waals surface area contributed by atoms with E-state index in [4.69, 9.17) is 5.11 Å². The van der Waals surface area contributed by atoms with Crippen molar-refractivity contribution in [3.05, 3.63) is 0 Å². The normalized spacial score (nSPS) is 12.5. The summed E-state index contributed by atoms with van der Waals surface area (Å²) >= 11 is 0. The Bertz CT molecular complexity index is 97.7. The predicted molar refractivity (Wildman–Crippen MR) is 48.7 cm³/mol. The minimum Gasteiger partial charge on any atom is -0.396 e. The molecule has 0 aliphatic rings. The van der Waals surface area contributed by atoms with E-state index in [0.717, 1.165) is 19.6 Å². The minimum atomic E-state index is 0.0476. The van der Waals surface area contributed by atoms with Crippen molar-refractivity contribution in [3.63, 3.8) is 0 Å². The van der Waals surface area contributed by atoms with E-state index < -0.39 is 0 Å². The van der Waals surface area contributed by atoms with Gasteiger partial charge in [0.15, 0.2) is 0 Å². The summed E-state index contributed by atoms with van der Waals surface area (Å²) in [6, 6.07) is 0. The molecule has 0 radical (unpaired) electrons. The molecule has 0 aromatic carbocycles. The predicted octanol–water partition coefficient (Wildman–Crippen LogP) is 1.35. The van der Waals surface area contributed by atoms with E-state index in [0.29, 0.717) is 0 Å². The topological polar surface area (TPSA) is 23.5 Å². The van der Waals surface area contributed by atoms with Crippen LogP contribution in [0.15, 0.2) is 0 Å². The molecule has 1 N–H and O–H groups in total. The van der Waals surface area contributed by atoms with Gasteiger partial charge in [-0.05, 0) is 13.1 Å². The van der Waals surface area contributed by atoms with Gasteiger partial charge in [-0.1, -0.05) is 27.7 Å². The van der Waals surface area contributed by atoms with Gasteiger partial charge in [-0.15, -0.1) is 0 Å². The average molecular weight is 159 g/mol. The Morgan fingerprint density at radius 3 is 1.91 bits per heavy atom. The van der Waals surface area contributed by atoms with Gasteiger partial charge >= 0.3 is 0 Å². The van der Waals surface area contributed by atoms with E-state index in [9.17, 15) is 0 Å². The zero-order valence-corrected chi connectivity index (χ0v) is 8.22. The number of rotatable bonds is 5. The van der Waals surface area contributed by atoms with Gasteiger partial charge in [-0.25, -0.2) is 0 Å². The fraction of sp³-hybridized carbons (Fsp3) is 1.00. The zero-order chi connectivity index (χ0) is 8.91. The van der Waals surface area contributed by atoms with Crippen LogP contribution in [0.1, 0.15) is 27.7 Å². The molecule has 0 saturated heterocycles. The lowest BCUT2D eigenvalue weighted by Gasteiger charge is -2.29. The van der Waals surface area contributed by atoms with Crippen LogP contribution in [-0.2, 0) is 0 Å². The van der Waals surface area contributed by atoms with E-state index in [1.54, 1.807) is 0 Å². The monoisotopic (exact) mass is 159 g/mol. The highest BCUT2D eigenvalue weighted by Gasteiger charge is 2.18. The standard InChI is InChI=1S/C9H21NO/c1-5-10(6-2)7-9(3,4)8-11/h11H,5-8H2,1-4H3. The van der Waals surface area contributed by atoms with E-state index in [1.165, 1.54) is 0 Å². The number of hydrogen-bond acceptors (Lipinski definition) is 2. The van der Waals surface area contributed by atoms with Crippen LogP contribution in [0.25, 0.3) is 0 Å². The molecule has 0 rings (SSSR count). The van der Waals surface area contributed by atoms with Crippen molar-refractivity contribution >= 4 is 0 Å². The highest BCUT2D eigenvalue weighted by Crippen LogP contribution is 2.14. The lowest BCUT2D eigenvalue weighted by Crippen LogP contribution is -2.36. The SMILES string of the molecule is CCN(CC)CC(C)(C)CO. The maximum absolute atomic E-state index is 9.01. The number of aliphatic hydroxyl groups is 1. The molecule has 0 aromatic rings. The molecule has 0 amide bonds. The number of hydrogen-bond donors (Lipinski definition) is 1. The first-order valence-corrected chi connectivity index (χ1v) is 4.39. The fourth-order valence-electron chi connectivity index (χ4n) is 1.10. The van der Waals surface area contributed by atoms with Crippen LogP contribution in [0, 0.1) is 5.41 Å². The molecule has 0 fully saturated rings. The maximum Gasteiger partial charge on any atom is 0.0494 e. The molecule has 0 saturated carbocycles. The second kappa shape index (κ2) is 4.73. The van der Waals surface area contributed by atoms with Gasteiger partial charge in [0.05, 0.1) is 0 Å². The fourth-order valence-corrected chi connectivity index (χ4v) is 1.10. The van der Waals surface area contributed by atoms with Crippen molar-refractivity contribution < 1.29 is 5.11 Å². The van der Waals surface area contributed by atoms with Gasteiger partial charge in [0, 0.05) is 18.6 Å². The second-order valence-electron chi connectivity index (χ2n) is 3.78. The molecular weight excluding hydrogens is 138 g/mol. The Balaban J connectivity index is 3.79. The van der Waals surface area contributed by atoms with Gasteiger partial charge in [-0.2, -0.15) is 0 Å². The quantitative estimate of drug-likeness (QED) is 0.654. The highest BCUT2D eigenvalue weighted by molar-refractivity contribution is 4.71. The Kier molecular flexibility index (Phi) is 4.69. The molecule has 0 aliphatic heterocycles. The summed E-state index contributed by atoms with van der Waals surface area (Å²) in [6.45, 7) is 11.9. The molecular formula is C9H21NO. The van der Waals surface area contributed by atoms with Gasteiger partial charge in [0.2, 0.25) is 0 Å². The smallest absolute Gasteiger partial charge is 0.0494 e. The average Bonchev–Trinajstić information content (AvgIpc) is 2.00. The van der Waals surface area contributed by atoms with Crippen molar-refractivity contribution in [3.8, 4) is 0 Å². The summed E-state index contributed by atoms with van der Waals surface area (Å²) in [7, 11) is 0. The van der Waals surface area contributed by atoms with Crippen molar-refractivity contribution in [2.45, 2.75) is 27.7 Å². The zero-order valence-electron chi connectivity index (χ0n) is 8.22. The molecule has 68 valence electrons. The van der Waals surface area contributed by atoms with Crippen molar-refractivity contribution in [2.24, 2.45) is 5.41 Å². The van der Waals surface area contributed by atoms with Crippen LogP contribution >= 0.6 is 0 Å². The van der Waals surface area contributed by atoms with Gasteiger partial charge < -0.3 is 10.0 Å². The molecule has 0 bridgehead atoms. The van der Waals surface area contributed by atoms with Crippen molar-refractivity contribution in [2.75, 3.05) is 26.2 Å². The number of nitrogens with zero attached hydrogens (tertiary/aromatic N) is 1. The minimum absolute atomic E-state index is 0.0476. The summed E-state index contributed by atoms with van der Waals surface area (Å²) < 4.78 is 0. The molecule has 2 heteroatoms. The molecule has 11 heavy (non-hydrogen) atoms. The molecule has 2 nitrogen and oxygen atoms in total. The van der Waals surface area contributed by atoms with Crippen LogP contribution in [0.3, 0.4) is 0 Å². The van der Waals surface area contributed by atoms with Crippen LogP contribution in [0.5, 0.6) is 0 Å². The Morgan fingerprint density at radius 1 is 1.18 bits per heavy atom. The Hall–Kier alpha value is -0.0800. The van der Waals surface area contributed by atoms with Crippen LogP contribution in [0.2, 0.25) is 0 Å². The van der Waals surface area contributed by atoms with E-state index in [-0.39, 0.29) is 12.0 Å². The molecule has 0 heterocycles. The molecule has 0 aliphatic carbocycles. The highest BCUT2D eigenvalue weighted by atomic mass is 16.3. The Morgan fingerprint density at radius 2 is 1.64 bits per heavy atom. The lowest BCUT2D eigenvalue weighted by atomic mass is 9.94. The van der Waals surface area contributed by atoms with Gasteiger partial charge in [-0.3, -0.25) is 0 Å². The van der Waals surface area contributed by atoms with E-state index in [1.807, 2.05) is 0 Å². The maximum atomic E-state index is 9.01. The summed E-state index contributed by atoms with van der Waals surface area (Å²) in [5.74, 6) is 0. The van der Waals surface area contributed by atoms with Crippen molar-refractivity contribution in [1.82, 2.24) is 4.90 Å². The largest absolute Gasteiger partial charge is 0.396 e. The molecule has 0 spiro atoms. The summed E-state index contributed by atoms with van der Waals surface area (Å²) in [5, 5.41) is 9.01. The first-order chi connectivity index (χ1) is 5.05. The van der Waals surface area contributed by atoms with Crippen LogP contribution in [0.4, 0.5) is 0 Å². The molecule has 0 unspecified atom stereocenters. The van der Waals surface area contributed by atoms with Gasteiger partial charge in [0.25, 0.3) is 0 Å². The second-order valence-corrected chi connectivity index (χ2v) is 3.78. The summed E-state index contributed by atoms with van der Waals surface area (Å²) in [6.07, 6.45) is 0.